The molecule has 4 atom stereocenters. The maximum absolute atomic E-state index is 15.1. The number of nitrogens with zero attached hydrogens (tertiary/aromatic N) is 1. The number of hydrogen-bond acceptors (Lipinski definition) is 6. The molecule has 4 rings (SSSR count). The van der Waals surface area contributed by atoms with Crippen LogP contribution in [0.25, 0.3) is 0 Å². The third kappa shape index (κ3) is 9.23. The van der Waals surface area contributed by atoms with Gasteiger partial charge in [0.15, 0.2) is 0 Å². The van der Waals surface area contributed by atoms with Crippen molar-refractivity contribution in [3.05, 3.63) is 88.7 Å². The Balaban J connectivity index is 1.47. The van der Waals surface area contributed by atoms with Crippen LogP contribution in [-0.2, 0) is 21.2 Å². The van der Waals surface area contributed by atoms with Gasteiger partial charge in [0.05, 0.1) is 10.9 Å². The van der Waals surface area contributed by atoms with Gasteiger partial charge >= 0.3 is 6.36 Å². The molecule has 0 spiro atoms. The van der Waals surface area contributed by atoms with Gasteiger partial charge in [-0.3, -0.25) is 4.79 Å². The summed E-state index contributed by atoms with van der Waals surface area (Å²) in [5.74, 6) is -1.83. The second-order valence-electron chi connectivity index (χ2n) is 12.0. The molecule has 4 unspecified atom stereocenters. The highest BCUT2D eigenvalue weighted by Gasteiger charge is 2.38. The summed E-state index contributed by atoms with van der Waals surface area (Å²) in [6.45, 7) is 6.36. The van der Waals surface area contributed by atoms with Crippen molar-refractivity contribution in [2.45, 2.75) is 75.3 Å². The summed E-state index contributed by atoms with van der Waals surface area (Å²) < 4.78 is 85.4. The zero-order valence-electron chi connectivity index (χ0n) is 26.2. The molecule has 0 saturated carbocycles. The van der Waals surface area contributed by atoms with E-state index in [0.717, 1.165) is 29.8 Å². The number of sulfonamides is 1. The number of benzene rings is 3. The molecule has 0 radical (unpaired) electrons. The zero-order chi connectivity index (χ0) is 34.5. The van der Waals surface area contributed by atoms with Crippen molar-refractivity contribution in [1.82, 2.24) is 9.62 Å². The predicted molar refractivity (Wildman–Crippen MR) is 173 cm³/mol. The van der Waals surface area contributed by atoms with Crippen LogP contribution in [0.1, 0.15) is 50.7 Å². The molecule has 4 N–H and O–H groups in total. The van der Waals surface area contributed by atoms with Crippen LogP contribution in [0.3, 0.4) is 0 Å². The number of rotatable bonds is 12. The fourth-order valence-corrected chi connectivity index (χ4v) is 8.08. The number of alkyl halides is 3. The summed E-state index contributed by atoms with van der Waals surface area (Å²) in [6, 6.07) is 13.7. The van der Waals surface area contributed by atoms with Crippen LogP contribution in [0.5, 0.6) is 5.75 Å². The number of carbonyl (C=O) groups excluding carboxylic acids is 1. The van der Waals surface area contributed by atoms with Crippen LogP contribution < -0.4 is 21.1 Å². The van der Waals surface area contributed by atoms with E-state index in [2.05, 4.69) is 15.4 Å². The average Bonchev–Trinajstić information content (AvgIpc) is 2.98. The van der Waals surface area contributed by atoms with Crippen LogP contribution in [0.15, 0.2) is 71.6 Å². The fourth-order valence-electron chi connectivity index (χ4n) is 6.11. The van der Waals surface area contributed by atoms with Gasteiger partial charge in [-0.2, -0.15) is 4.31 Å². The molecule has 256 valence electrons. The van der Waals surface area contributed by atoms with E-state index in [-0.39, 0.29) is 34.4 Å². The number of carbonyl (C=O) groups is 1. The standard InChI is InChI=1S/C33H39ClF4N4O4S/c1-20(2)30(22-10-12-23(34)13-11-22)31(39)32(43)41-29-9-5-8-28(35)27(29)7-4-6-24-19-40-18-21(3)42(24)47(44,45)26-16-14-25(15-17-26)46-33(36,37)38/h5,8-17,20-21,24,30-31,40H,4,6-7,18-19,39H2,1-3H3,(H,41,43). The molecule has 1 saturated heterocycles. The van der Waals surface area contributed by atoms with Gasteiger partial charge in [0, 0.05) is 47.4 Å². The van der Waals surface area contributed by atoms with E-state index < -0.39 is 52.0 Å². The van der Waals surface area contributed by atoms with Gasteiger partial charge in [0.1, 0.15) is 11.6 Å². The second-order valence-corrected chi connectivity index (χ2v) is 14.3. The Morgan fingerprint density at radius 1 is 1.09 bits per heavy atom. The Bertz CT molecular complexity index is 1620. The van der Waals surface area contributed by atoms with Gasteiger partial charge in [-0.25, -0.2) is 12.8 Å². The third-order valence-electron chi connectivity index (χ3n) is 8.25. The molecule has 1 fully saturated rings. The van der Waals surface area contributed by atoms with E-state index >= 15 is 4.39 Å². The van der Waals surface area contributed by atoms with E-state index in [1.807, 2.05) is 26.0 Å². The van der Waals surface area contributed by atoms with Crippen molar-refractivity contribution in [2.75, 3.05) is 18.4 Å². The van der Waals surface area contributed by atoms with Gasteiger partial charge in [0.2, 0.25) is 15.9 Å². The van der Waals surface area contributed by atoms with Crippen LogP contribution in [-0.4, -0.2) is 56.2 Å². The van der Waals surface area contributed by atoms with Crippen molar-refractivity contribution in [3.8, 4) is 5.75 Å². The maximum Gasteiger partial charge on any atom is 0.573 e. The molecule has 1 amide bonds. The lowest BCUT2D eigenvalue weighted by molar-refractivity contribution is -0.274. The molecule has 3 aromatic rings. The number of nitrogens with two attached hydrogens (primary N) is 1. The van der Waals surface area contributed by atoms with Gasteiger partial charge in [-0.15, -0.1) is 13.2 Å². The van der Waals surface area contributed by atoms with Crippen molar-refractivity contribution in [3.63, 3.8) is 0 Å². The lowest BCUT2D eigenvalue weighted by Gasteiger charge is -2.40. The summed E-state index contributed by atoms with van der Waals surface area (Å²) in [5.41, 5.74) is 7.86. The smallest absolute Gasteiger partial charge is 0.406 e. The van der Waals surface area contributed by atoms with Gasteiger partial charge in [-0.05, 0) is 86.2 Å². The van der Waals surface area contributed by atoms with E-state index in [0.29, 0.717) is 31.0 Å². The Morgan fingerprint density at radius 2 is 1.74 bits per heavy atom. The molecule has 3 aromatic carbocycles. The number of piperazine rings is 1. The topological polar surface area (TPSA) is 114 Å². The monoisotopic (exact) mass is 698 g/mol. The lowest BCUT2D eigenvalue weighted by Crippen LogP contribution is -2.58. The number of amides is 1. The number of anilines is 1. The highest BCUT2D eigenvalue weighted by Crippen LogP contribution is 2.31. The molecule has 0 aromatic heterocycles. The molecule has 8 nitrogen and oxygen atoms in total. The van der Waals surface area contributed by atoms with Crippen LogP contribution in [0.2, 0.25) is 5.02 Å². The fraction of sp³-hybridized carbons (Fsp3) is 0.424. The number of nitrogens with one attached hydrogen (secondary N) is 2. The Labute approximate surface area is 277 Å². The minimum absolute atomic E-state index is 0.0146. The summed E-state index contributed by atoms with van der Waals surface area (Å²) in [6.07, 6.45) is -3.98. The van der Waals surface area contributed by atoms with Crippen LogP contribution in [0, 0.1) is 11.7 Å². The first kappa shape index (κ1) is 36.6. The normalized spacial score (nSPS) is 18.9. The van der Waals surface area contributed by atoms with Gasteiger partial charge < -0.3 is 21.1 Å². The van der Waals surface area contributed by atoms with Gasteiger partial charge in [0.25, 0.3) is 0 Å². The SMILES string of the molecule is CC(C)C(c1ccc(Cl)cc1)C(N)C(=O)Nc1cccc(F)c1CCCC1CNCC(C)N1S(=O)(=O)c1ccc(OC(F)(F)F)cc1. The molecule has 1 aliphatic rings. The molecule has 1 heterocycles. The molecule has 0 bridgehead atoms. The Hall–Kier alpha value is -3.23. The van der Waals surface area contributed by atoms with Crippen LogP contribution in [0.4, 0.5) is 23.2 Å². The molecule has 47 heavy (non-hydrogen) atoms. The van der Waals surface area contributed by atoms with Gasteiger partial charge in [-0.1, -0.05) is 43.6 Å². The number of hydrogen-bond donors (Lipinski definition) is 3. The molecular formula is C33H39ClF4N4O4S. The highest BCUT2D eigenvalue weighted by molar-refractivity contribution is 7.89. The quantitative estimate of drug-likeness (QED) is 0.187. The minimum atomic E-state index is -4.90. The summed E-state index contributed by atoms with van der Waals surface area (Å²) in [4.78, 5) is 13.2. The first-order valence-electron chi connectivity index (χ1n) is 15.3. The molecule has 1 aliphatic heterocycles. The Morgan fingerprint density at radius 3 is 2.36 bits per heavy atom. The predicted octanol–water partition coefficient (Wildman–Crippen LogP) is 6.46. The van der Waals surface area contributed by atoms with E-state index in [9.17, 15) is 26.4 Å². The van der Waals surface area contributed by atoms with E-state index in [4.69, 9.17) is 17.3 Å². The third-order valence-corrected chi connectivity index (χ3v) is 10.6. The summed E-state index contributed by atoms with van der Waals surface area (Å²) >= 11 is 6.04. The lowest BCUT2D eigenvalue weighted by atomic mass is 9.82. The van der Waals surface area contributed by atoms with Crippen molar-refractivity contribution in [2.24, 2.45) is 11.7 Å². The van der Waals surface area contributed by atoms with E-state index in [1.54, 1.807) is 25.1 Å². The first-order valence-corrected chi connectivity index (χ1v) is 17.1. The Kier molecular flexibility index (Phi) is 11.9. The highest BCUT2D eigenvalue weighted by atomic mass is 35.5. The largest absolute Gasteiger partial charge is 0.573 e. The van der Waals surface area contributed by atoms with Crippen molar-refractivity contribution < 1.29 is 35.5 Å². The summed E-state index contributed by atoms with van der Waals surface area (Å²) in [5, 5.41) is 6.58. The second kappa shape index (κ2) is 15.3. The first-order chi connectivity index (χ1) is 22.1. The van der Waals surface area contributed by atoms with Crippen molar-refractivity contribution in [1.29, 1.82) is 0 Å². The molecular weight excluding hydrogens is 660 g/mol. The minimum Gasteiger partial charge on any atom is -0.406 e. The van der Waals surface area contributed by atoms with Crippen molar-refractivity contribution >= 4 is 33.2 Å². The number of halogens is 5. The van der Waals surface area contributed by atoms with Crippen LogP contribution >= 0.6 is 11.6 Å². The maximum atomic E-state index is 15.1. The molecule has 0 aliphatic carbocycles. The van der Waals surface area contributed by atoms with E-state index in [1.165, 1.54) is 16.4 Å². The molecule has 14 heteroatoms. The zero-order valence-corrected chi connectivity index (χ0v) is 27.8. The average molecular weight is 699 g/mol. The summed E-state index contributed by atoms with van der Waals surface area (Å²) in [7, 11) is -4.09. The number of ether oxygens (including phenoxy) is 1.